The van der Waals surface area contributed by atoms with E-state index in [-0.39, 0.29) is 36.9 Å². The lowest BCUT2D eigenvalue weighted by molar-refractivity contribution is -0.123. The maximum Gasteiger partial charge on any atom is 0.240 e. The van der Waals surface area contributed by atoms with Crippen LogP contribution in [0.1, 0.15) is 27.2 Å². The molecule has 0 saturated carbocycles. The van der Waals surface area contributed by atoms with Crippen molar-refractivity contribution in [1.82, 2.24) is 9.88 Å². The molecule has 0 aliphatic rings. The summed E-state index contributed by atoms with van der Waals surface area (Å²) in [6.45, 7) is 5.60. The predicted molar refractivity (Wildman–Crippen MR) is 94.7 cm³/mol. The number of aromatic nitrogens is 1. The summed E-state index contributed by atoms with van der Waals surface area (Å²) in [5, 5.41) is 16.0. The number of anilines is 1. The van der Waals surface area contributed by atoms with E-state index in [2.05, 4.69) is 10.6 Å². The standard InChI is InChI=1S/C18H25N3O3/c1-4-12(2)16(11-22)20-18(24)10-21-9-8-14-15(19-13(3)23)6-5-7-17(14)21/h5-9,12,16,22H,4,10-11H2,1-3H3,(H,19,23)(H,20,24). The molecule has 130 valence electrons. The summed E-state index contributed by atoms with van der Waals surface area (Å²) in [6.07, 6.45) is 2.71. The molecule has 0 aliphatic carbocycles. The number of aliphatic hydroxyl groups is 1. The lowest BCUT2D eigenvalue weighted by atomic mass is 10.00. The summed E-state index contributed by atoms with van der Waals surface area (Å²) in [5.74, 6) is -0.0594. The van der Waals surface area contributed by atoms with E-state index in [1.807, 2.05) is 48.9 Å². The Hall–Kier alpha value is -2.34. The smallest absolute Gasteiger partial charge is 0.240 e. The van der Waals surface area contributed by atoms with Gasteiger partial charge in [0.05, 0.1) is 23.9 Å². The van der Waals surface area contributed by atoms with Crippen molar-refractivity contribution in [3.8, 4) is 0 Å². The zero-order chi connectivity index (χ0) is 17.7. The first-order chi connectivity index (χ1) is 11.5. The largest absolute Gasteiger partial charge is 0.394 e. The van der Waals surface area contributed by atoms with Crippen LogP contribution in [0.3, 0.4) is 0 Å². The molecule has 0 saturated heterocycles. The highest BCUT2D eigenvalue weighted by molar-refractivity contribution is 6.01. The number of fused-ring (bicyclic) bond motifs is 1. The second-order valence-electron chi connectivity index (χ2n) is 6.11. The van der Waals surface area contributed by atoms with Gasteiger partial charge in [-0.25, -0.2) is 0 Å². The van der Waals surface area contributed by atoms with Crippen molar-refractivity contribution in [3.05, 3.63) is 30.5 Å². The first-order valence-electron chi connectivity index (χ1n) is 8.22. The molecule has 1 aromatic heterocycles. The second kappa shape index (κ2) is 7.97. The maximum atomic E-state index is 12.3. The monoisotopic (exact) mass is 331 g/mol. The van der Waals surface area contributed by atoms with Gasteiger partial charge in [-0.2, -0.15) is 0 Å². The summed E-state index contributed by atoms with van der Waals surface area (Å²) in [5.41, 5.74) is 1.60. The Morgan fingerprint density at radius 3 is 2.67 bits per heavy atom. The SMILES string of the molecule is CCC(C)C(CO)NC(=O)Cn1ccc2c(NC(C)=O)cccc21. The number of carbonyl (C=O) groups excluding carboxylic acids is 2. The first-order valence-corrected chi connectivity index (χ1v) is 8.22. The summed E-state index contributed by atoms with van der Waals surface area (Å²) >= 11 is 0. The van der Waals surface area contributed by atoms with Crippen LogP contribution in [-0.4, -0.2) is 34.1 Å². The van der Waals surface area contributed by atoms with Gasteiger partial charge in [0.2, 0.25) is 11.8 Å². The molecule has 24 heavy (non-hydrogen) atoms. The Bertz CT molecular complexity index is 723. The fraction of sp³-hybridized carbons (Fsp3) is 0.444. The van der Waals surface area contributed by atoms with Crippen LogP contribution in [0.25, 0.3) is 10.9 Å². The highest BCUT2D eigenvalue weighted by Crippen LogP contribution is 2.24. The van der Waals surface area contributed by atoms with Crippen LogP contribution in [0.15, 0.2) is 30.5 Å². The van der Waals surface area contributed by atoms with Gasteiger partial charge in [-0.05, 0) is 24.1 Å². The van der Waals surface area contributed by atoms with Crippen molar-refractivity contribution >= 4 is 28.4 Å². The zero-order valence-electron chi connectivity index (χ0n) is 14.4. The molecule has 6 heteroatoms. The summed E-state index contributed by atoms with van der Waals surface area (Å²) in [6, 6.07) is 7.23. The molecular weight excluding hydrogens is 306 g/mol. The van der Waals surface area contributed by atoms with Gasteiger partial charge in [0.15, 0.2) is 0 Å². The van der Waals surface area contributed by atoms with Crippen LogP contribution < -0.4 is 10.6 Å². The van der Waals surface area contributed by atoms with Crippen molar-refractivity contribution in [1.29, 1.82) is 0 Å². The van der Waals surface area contributed by atoms with E-state index in [1.54, 1.807) is 0 Å². The van der Waals surface area contributed by atoms with Crippen molar-refractivity contribution in [2.45, 2.75) is 39.8 Å². The normalized spacial score (nSPS) is 13.5. The lowest BCUT2D eigenvalue weighted by Gasteiger charge is -2.22. The summed E-state index contributed by atoms with van der Waals surface area (Å²) in [7, 11) is 0. The molecule has 1 heterocycles. The number of amides is 2. The minimum atomic E-state index is -0.237. The average Bonchev–Trinajstić information content (AvgIpc) is 2.95. The van der Waals surface area contributed by atoms with Gasteiger partial charge in [0, 0.05) is 18.5 Å². The molecule has 2 atom stereocenters. The zero-order valence-corrected chi connectivity index (χ0v) is 14.4. The molecule has 3 N–H and O–H groups in total. The van der Waals surface area contributed by atoms with E-state index in [0.717, 1.165) is 23.0 Å². The molecule has 0 fully saturated rings. The topological polar surface area (TPSA) is 83.4 Å². The maximum absolute atomic E-state index is 12.3. The molecule has 1 aromatic carbocycles. The number of benzene rings is 1. The predicted octanol–water partition coefficient (Wildman–Crippen LogP) is 2.12. The molecule has 6 nitrogen and oxygen atoms in total. The third kappa shape index (κ3) is 4.14. The van der Waals surface area contributed by atoms with Gasteiger partial charge in [0.25, 0.3) is 0 Å². The van der Waals surface area contributed by atoms with Crippen LogP contribution in [0.2, 0.25) is 0 Å². The van der Waals surface area contributed by atoms with Crippen LogP contribution in [-0.2, 0) is 16.1 Å². The third-order valence-corrected chi connectivity index (χ3v) is 4.31. The van der Waals surface area contributed by atoms with Gasteiger partial charge in [-0.1, -0.05) is 26.3 Å². The number of aliphatic hydroxyl groups excluding tert-OH is 1. The Morgan fingerprint density at radius 2 is 2.04 bits per heavy atom. The Morgan fingerprint density at radius 1 is 1.29 bits per heavy atom. The van der Waals surface area contributed by atoms with Crippen molar-refractivity contribution in [2.75, 3.05) is 11.9 Å². The number of hydrogen-bond acceptors (Lipinski definition) is 3. The van der Waals surface area contributed by atoms with Crippen molar-refractivity contribution < 1.29 is 14.7 Å². The van der Waals surface area contributed by atoms with Gasteiger partial charge in [-0.15, -0.1) is 0 Å². The number of carbonyl (C=O) groups is 2. The summed E-state index contributed by atoms with van der Waals surface area (Å²) in [4.78, 5) is 23.6. The van der Waals surface area contributed by atoms with Crippen LogP contribution >= 0.6 is 0 Å². The van der Waals surface area contributed by atoms with Crippen LogP contribution in [0.4, 0.5) is 5.69 Å². The fourth-order valence-electron chi connectivity index (χ4n) is 2.72. The minimum absolute atomic E-state index is 0.0696. The van der Waals surface area contributed by atoms with E-state index in [0.29, 0.717) is 0 Å². The Balaban J connectivity index is 2.15. The van der Waals surface area contributed by atoms with Crippen molar-refractivity contribution in [3.63, 3.8) is 0 Å². The number of nitrogens with one attached hydrogen (secondary N) is 2. The molecule has 2 amide bonds. The molecular formula is C18H25N3O3. The molecule has 0 bridgehead atoms. The number of rotatable bonds is 7. The van der Waals surface area contributed by atoms with E-state index < -0.39 is 0 Å². The molecule has 0 aliphatic heterocycles. The van der Waals surface area contributed by atoms with Gasteiger partial charge in [0.1, 0.15) is 6.54 Å². The van der Waals surface area contributed by atoms with E-state index in [4.69, 9.17) is 0 Å². The minimum Gasteiger partial charge on any atom is -0.394 e. The van der Waals surface area contributed by atoms with Crippen LogP contribution in [0, 0.1) is 5.92 Å². The van der Waals surface area contributed by atoms with E-state index in [9.17, 15) is 14.7 Å². The van der Waals surface area contributed by atoms with Gasteiger partial charge >= 0.3 is 0 Å². The highest BCUT2D eigenvalue weighted by atomic mass is 16.3. The Labute approximate surface area is 141 Å². The number of nitrogens with zero attached hydrogens (tertiary/aromatic N) is 1. The van der Waals surface area contributed by atoms with Gasteiger partial charge < -0.3 is 20.3 Å². The lowest BCUT2D eigenvalue weighted by Crippen LogP contribution is -2.43. The second-order valence-corrected chi connectivity index (χ2v) is 6.11. The molecule has 2 rings (SSSR count). The van der Waals surface area contributed by atoms with E-state index >= 15 is 0 Å². The average molecular weight is 331 g/mol. The molecule has 0 spiro atoms. The number of hydrogen-bond donors (Lipinski definition) is 3. The van der Waals surface area contributed by atoms with Crippen molar-refractivity contribution in [2.24, 2.45) is 5.92 Å². The molecule has 0 radical (unpaired) electrons. The van der Waals surface area contributed by atoms with E-state index in [1.165, 1.54) is 6.92 Å². The summed E-state index contributed by atoms with van der Waals surface area (Å²) < 4.78 is 1.83. The first kappa shape index (κ1) is 18.0. The fourth-order valence-corrected chi connectivity index (χ4v) is 2.72. The van der Waals surface area contributed by atoms with Gasteiger partial charge in [-0.3, -0.25) is 9.59 Å². The van der Waals surface area contributed by atoms with Crippen LogP contribution in [0.5, 0.6) is 0 Å². The highest BCUT2D eigenvalue weighted by Gasteiger charge is 2.18. The molecule has 2 unspecified atom stereocenters. The molecule has 2 aromatic rings. The quantitative estimate of drug-likeness (QED) is 0.727. The Kier molecular flexibility index (Phi) is 5.98. The third-order valence-electron chi connectivity index (χ3n) is 4.31.